The summed E-state index contributed by atoms with van der Waals surface area (Å²) < 4.78 is 5.50. The van der Waals surface area contributed by atoms with Gasteiger partial charge in [0.05, 0.1) is 11.7 Å². The van der Waals surface area contributed by atoms with Crippen molar-refractivity contribution in [3.8, 4) is 11.8 Å². The van der Waals surface area contributed by atoms with Gasteiger partial charge in [0, 0.05) is 16.4 Å². The van der Waals surface area contributed by atoms with Crippen molar-refractivity contribution in [2.24, 2.45) is 0 Å². The summed E-state index contributed by atoms with van der Waals surface area (Å²) in [7, 11) is 0. The van der Waals surface area contributed by atoms with Gasteiger partial charge < -0.3 is 10.1 Å². The second-order valence-corrected chi connectivity index (χ2v) is 9.19. The van der Waals surface area contributed by atoms with E-state index in [2.05, 4.69) is 41.4 Å². The Morgan fingerprint density at radius 2 is 1.75 bits per heavy atom. The third-order valence-electron chi connectivity index (χ3n) is 5.40. The van der Waals surface area contributed by atoms with Crippen LogP contribution in [0.25, 0.3) is 0 Å². The fourth-order valence-electron chi connectivity index (χ4n) is 3.96. The highest BCUT2D eigenvalue weighted by molar-refractivity contribution is 7.17. The first-order valence-electron chi connectivity index (χ1n) is 10.8. The lowest BCUT2D eigenvalue weighted by molar-refractivity contribution is -0.111. The minimum atomic E-state index is -0.439. The Hall–Kier alpha value is -3.36. The van der Waals surface area contributed by atoms with E-state index in [9.17, 15) is 9.59 Å². The van der Waals surface area contributed by atoms with Gasteiger partial charge >= 0.3 is 11.9 Å². The molecule has 0 fully saturated rings. The molecule has 1 heterocycles. The zero-order valence-electron chi connectivity index (χ0n) is 18.2. The molecule has 1 aromatic heterocycles. The maximum Gasteiger partial charge on any atom is 0.341 e. The van der Waals surface area contributed by atoms with E-state index in [1.54, 1.807) is 0 Å². The summed E-state index contributed by atoms with van der Waals surface area (Å²) in [6, 6.07) is 19.8. The lowest BCUT2D eigenvalue weighted by atomic mass is 9.83. The zero-order valence-corrected chi connectivity index (χ0v) is 19.0. The first-order valence-corrected chi connectivity index (χ1v) is 11.6. The zero-order chi connectivity index (χ0) is 22.5. The minimum absolute atomic E-state index is 0.236. The minimum Gasteiger partial charge on any atom is -0.459 e. The third-order valence-corrected chi connectivity index (χ3v) is 6.57. The van der Waals surface area contributed by atoms with Crippen molar-refractivity contribution in [2.45, 2.75) is 45.1 Å². The monoisotopic (exact) mass is 443 g/mol. The number of carbonyl (C=O) groups is 2. The molecule has 162 valence electrons. The quantitative estimate of drug-likeness (QED) is 0.423. The lowest BCUT2D eigenvalue weighted by Gasteiger charge is -2.23. The first kappa shape index (κ1) is 21.9. The number of fused-ring (bicyclic) bond motifs is 1. The van der Waals surface area contributed by atoms with Crippen LogP contribution in [-0.4, -0.2) is 18.0 Å². The first-order chi connectivity index (χ1) is 15.5. The second kappa shape index (κ2) is 9.84. The van der Waals surface area contributed by atoms with Crippen molar-refractivity contribution in [1.82, 2.24) is 0 Å². The van der Waals surface area contributed by atoms with Gasteiger partial charge in [-0.3, -0.25) is 4.79 Å². The van der Waals surface area contributed by atoms with Crippen LogP contribution in [0.4, 0.5) is 5.00 Å². The van der Waals surface area contributed by atoms with E-state index in [0.29, 0.717) is 16.5 Å². The van der Waals surface area contributed by atoms with Gasteiger partial charge in [0.2, 0.25) is 0 Å². The number of hydrogen-bond acceptors (Lipinski definition) is 4. The van der Waals surface area contributed by atoms with Crippen molar-refractivity contribution < 1.29 is 14.3 Å². The molecule has 1 amide bonds. The van der Waals surface area contributed by atoms with Crippen LogP contribution >= 0.6 is 11.3 Å². The predicted octanol–water partition coefficient (Wildman–Crippen LogP) is 5.58. The summed E-state index contributed by atoms with van der Waals surface area (Å²) in [6.45, 7) is 3.65. The molecule has 4 nitrogen and oxygen atoms in total. The molecule has 0 aliphatic heterocycles. The molecule has 0 bridgehead atoms. The van der Waals surface area contributed by atoms with Gasteiger partial charge in [-0.15, -0.1) is 11.3 Å². The Bertz CT molecular complexity index is 1170. The van der Waals surface area contributed by atoms with Crippen LogP contribution in [0.5, 0.6) is 0 Å². The van der Waals surface area contributed by atoms with Gasteiger partial charge in [-0.25, -0.2) is 4.79 Å². The normalized spacial score (nSPS) is 14.8. The van der Waals surface area contributed by atoms with Crippen LogP contribution in [0, 0.1) is 11.8 Å². The Morgan fingerprint density at radius 1 is 1.06 bits per heavy atom. The summed E-state index contributed by atoms with van der Waals surface area (Å²) >= 11 is 1.47. The number of amides is 1. The summed E-state index contributed by atoms with van der Waals surface area (Å²) in [6.07, 6.45) is 2.34. The van der Waals surface area contributed by atoms with Crippen molar-refractivity contribution in [2.75, 3.05) is 5.32 Å². The lowest BCUT2D eigenvalue weighted by Crippen LogP contribution is -2.18. The van der Waals surface area contributed by atoms with Crippen molar-refractivity contribution in [1.29, 1.82) is 0 Å². The van der Waals surface area contributed by atoms with Gasteiger partial charge in [-0.2, -0.15) is 0 Å². The van der Waals surface area contributed by atoms with Crippen molar-refractivity contribution >= 4 is 28.2 Å². The molecule has 2 aromatic carbocycles. The topological polar surface area (TPSA) is 55.4 Å². The number of esters is 1. The number of nitrogens with one attached hydrogen (secondary N) is 1. The molecule has 0 saturated heterocycles. The molecule has 0 radical (unpaired) electrons. The number of anilines is 1. The van der Waals surface area contributed by atoms with Gasteiger partial charge in [0.15, 0.2) is 0 Å². The number of ether oxygens (including phenoxy) is 1. The van der Waals surface area contributed by atoms with Crippen LogP contribution in [0.1, 0.15) is 58.1 Å². The molecule has 0 spiro atoms. The fraction of sp³-hybridized carbons (Fsp3) is 0.259. The van der Waals surface area contributed by atoms with Crippen LogP contribution in [0.15, 0.2) is 60.7 Å². The molecule has 1 unspecified atom stereocenters. The molecular weight excluding hydrogens is 418 g/mol. The van der Waals surface area contributed by atoms with Crippen LogP contribution in [0.3, 0.4) is 0 Å². The maximum absolute atomic E-state index is 12.9. The summed E-state index contributed by atoms with van der Waals surface area (Å²) in [4.78, 5) is 26.6. The maximum atomic E-state index is 12.9. The molecule has 4 rings (SSSR count). The average molecular weight is 444 g/mol. The molecular formula is C27H25NO3S. The van der Waals surface area contributed by atoms with Gasteiger partial charge in [-0.05, 0) is 62.3 Å². The van der Waals surface area contributed by atoms with Crippen molar-refractivity contribution in [3.05, 3.63) is 87.8 Å². The van der Waals surface area contributed by atoms with E-state index in [-0.39, 0.29) is 12.1 Å². The number of thiophene rings is 1. The van der Waals surface area contributed by atoms with E-state index in [1.165, 1.54) is 16.9 Å². The van der Waals surface area contributed by atoms with E-state index in [1.807, 2.05) is 50.2 Å². The molecule has 32 heavy (non-hydrogen) atoms. The van der Waals surface area contributed by atoms with Crippen LogP contribution in [-0.2, 0) is 22.4 Å². The van der Waals surface area contributed by atoms with E-state index in [0.717, 1.165) is 35.3 Å². The highest BCUT2D eigenvalue weighted by Crippen LogP contribution is 2.42. The second-order valence-electron chi connectivity index (χ2n) is 8.08. The standard InChI is InChI=1S/C27H25NO3S/c1-18(2)31-27(30)25-22-15-14-21(20-11-7-4-8-12-20)17-23(22)32-26(25)28-24(29)16-13-19-9-5-3-6-10-19/h3-12,18,21H,14-15,17H2,1-2H3,(H,28,29). The Kier molecular flexibility index (Phi) is 6.72. The fourth-order valence-corrected chi connectivity index (χ4v) is 5.27. The summed E-state index contributed by atoms with van der Waals surface area (Å²) in [5.74, 6) is 5.06. The molecule has 3 aromatic rings. The molecule has 1 aliphatic rings. The van der Waals surface area contributed by atoms with Crippen LogP contribution < -0.4 is 5.32 Å². The Balaban J connectivity index is 1.61. The Labute approximate surface area is 192 Å². The average Bonchev–Trinajstić information content (AvgIpc) is 3.15. The van der Waals surface area contributed by atoms with Crippen LogP contribution in [0.2, 0.25) is 0 Å². The summed E-state index contributed by atoms with van der Waals surface area (Å²) in [5.41, 5.74) is 3.55. The largest absolute Gasteiger partial charge is 0.459 e. The van der Waals surface area contributed by atoms with Gasteiger partial charge in [0.25, 0.3) is 0 Å². The molecule has 5 heteroatoms. The SMILES string of the molecule is CC(C)OC(=O)c1c(NC(=O)C#Cc2ccccc2)sc2c1CCC(c1ccccc1)C2. The number of rotatable bonds is 4. The predicted molar refractivity (Wildman–Crippen MR) is 128 cm³/mol. The van der Waals surface area contributed by atoms with Gasteiger partial charge in [0.1, 0.15) is 5.00 Å². The smallest absolute Gasteiger partial charge is 0.341 e. The molecule has 1 aliphatic carbocycles. The Morgan fingerprint density at radius 3 is 2.44 bits per heavy atom. The highest BCUT2D eigenvalue weighted by atomic mass is 32.1. The summed E-state index contributed by atoms with van der Waals surface area (Å²) in [5, 5.41) is 3.38. The van der Waals surface area contributed by atoms with E-state index < -0.39 is 5.91 Å². The number of carbonyl (C=O) groups excluding carboxylic acids is 2. The molecule has 0 saturated carbocycles. The van der Waals surface area contributed by atoms with Crippen molar-refractivity contribution in [3.63, 3.8) is 0 Å². The molecule has 1 N–H and O–H groups in total. The van der Waals surface area contributed by atoms with E-state index >= 15 is 0 Å². The van der Waals surface area contributed by atoms with E-state index in [4.69, 9.17) is 4.74 Å². The third kappa shape index (κ3) is 5.09. The number of hydrogen-bond donors (Lipinski definition) is 1. The molecule has 1 atom stereocenters. The number of benzene rings is 2. The van der Waals surface area contributed by atoms with Gasteiger partial charge in [-0.1, -0.05) is 54.5 Å². The highest BCUT2D eigenvalue weighted by Gasteiger charge is 2.31.